The zero-order valence-electron chi connectivity index (χ0n) is 39.8. The van der Waals surface area contributed by atoms with E-state index in [1.807, 2.05) is 36.1 Å². The number of nitrogens with zero attached hydrogens (tertiary/aromatic N) is 5. The smallest absolute Gasteiger partial charge is 0.293 e. The summed E-state index contributed by atoms with van der Waals surface area (Å²) in [6.45, 7) is 9.24. The molecule has 18 heteroatoms. The van der Waals surface area contributed by atoms with Crippen molar-refractivity contribution in [3.63, 3.8) is 0 Å². The predicted molar refractivity (Wildman–Crippen MR) is 265 cm³/mol. The number of morpholine rings is 1. The van der Waals surface area contributed by atoms with Crippen LogP contribution in [0, 0.1) is 28.4 Å². The van der Waals surface area contributed by atoms with Crippen molar-refractivity contribution in [3.8, 4) is 5.88 Å². The number of aliphatic hydroxyl groups is 1. The minimum atomic E-state index is -4.62. The standard InChI is InChI=1S/C52H62N8O9S/c1-33-5-3-4-6-39(33)45-31-68-24-22-58(45)37-28-52(29-37)17-20-57(21-18-52)36-7-9-40(42(26-36)59-44-25-35-13-19-53-48(35)55-50(44)69-47-14-23-67-32-46(47)59)49(61)56-70(65,66)38-8-10-41(43(27-38)60(63)64)54-30-34-11-15-51(2,62)16-12-34/h3-10,13,19,25-27,34,37,45-47,54,62H,11-12,14-18,20-24,28-32H2,1-2H3,(H,53,55)(H,56,61)/t34?,45-,46+,47+,51?/m0/s1. The lowest BCUT2D eigenvalue weighted by atomic mass is 9.59. The second kappa shape index (κ2) is 18.4. The number of carbonyl (C=O) groups is 1. The average Bonchev–Trinajstić information content (AvgIpc) is 3.81. The van der Waals surface area contributed by atoms with Crippen molar-refractivity contribution in [2.45, 2.75) is 106 Å². The Labute approximate surface area is 408 Å². The number of amides is 1. The van der Waals surface area contributed by atoms with E-state index in [1.165, 1.54) is 23.3 Å². The summed E-state index contributed by atoms with van der Waals surface area (Å²) < 4.78 is 49.2. The van der Waals surface area contributed by atoms with Crippen molar-refractivity contribution >= 4 is 55.4 Å². The SMILES string of the molecule is Cc1ccccc1[C@@H]1COCCN1C1CC2(CCN(c3ccc(C(=O)NS(=O)(=O)c4ccc(NCC5CCC(C)(O)CC5)c([N+](=O)[O-])c4)c(N4c5cc6cc[nH]c6nc5O[C@@H]5CCOC[C@H]54)c3)CC2)C1. The van der Waals surface area contributed by atoms with Crippen LogP contribution in [0.2, 0.25) is 0 Å². The first kappa shape index (κ1) is 46.6. The molecule has 0 bridgehead atoms. The molecule has 1 spiro atoms. The Hall–Kier alpha value is -5.79. The van der Waals surface area contributed by atoms with E-state index in [2.05, 4.69) is 56.0 Å². The third kappa shape index (κ3) is 8.97. The fraction of sp³-hybridized carbons (Fsp3) is 0.500. The molecule has 3 saturated heterocycles. The van der Waals surface area contributed by atoms with Crippen molar-refractivity contribution in [3.05, 3.63) is 106 Å². The highest BCUT2D eigenvalue weighted by atomic mass is 32.2. The number of sulfonamides is 1. The topological polar surface area (TPSA) is 205 Å². The van der Waals surface area contributed by atoms with Gasteiger partial charge in [0.2, 0.25) is 5.88 Å². The summed E-state index contributed by atoms with van der Waals surface area (Å²) in [5.41, 5.74) is 4.68. The van der Waals surface area contributed by atoms with Gasteiger partial charge in [0.25, 0.3) is 21.6 Å². The number of pyridine rings is 1. The molecule has 5 aromatic rings. The van der Waals surface area contributed by atoms with E-state index >= 15 is 0 Å². The highest BCUT2D eigenvalue weighted by Gasteiger charge is 2.50. The molecule has 1 amide bonds. The van der Waals surface area contributed by atoms with Gasteiger partial charge >= 0.3 is 0 Å². The minimum absolute atomic E-state index is 0.0990. The number of fused-ring (bicyclic) bond motifs is 3. The summed E-state index contributed by atoms with van der Waals surface area (Å²) in [4.78, 5) is 41.1. The van der Waals surface area contributed by atoms with Gasteiger partial charge in [-0.1, -0.05) is 24.3 Å². The first-order chi connectivity index (χ1) is 33.7. The molecule has 70 heavy (non-hydrogen) atoms. The molecule has 2 aromatic heterocycles. The molecule has 6 aliphatic rings. The van der Waals surface area contributed by atoms with Crippen LogP contribution in [-0.4, -0.2) is 116 Å². The Morgan fingerprint density at radius 1 is 0.943 bits per heavy atom. The molecule has 17 nitrogen and oxygen atoms in total. The van der Waals surface area contributed by atoms with E-state index in [0.29, 0.717) is 74.6 Å². The molecule has 0 radical (unpaired) electrons. The van der Waals surface area contributed by atoms with Crippen molar-refractivity contribution in [2.75, 3.05) is 67.7 Å². The van der Waals surface area contributed by atoms with Crippen LogP contribution in [0.4, 0.5) is 28.4 Å². The minimum Gasteiger partial charge on any atom is -0.470 e. The summed E-state index contributed by atoms with van der Waals surface area (Å²) in [5, 5.41) is 26.7. The Kier molecular flexibility index (Phi) is 12.3. The molecule has 2 saturated carbocycles. The number of hydrogen-bond donors (Lipinski definition) is 4. The maximum absolute atomic E-state index is 14.7. The van der Waals surface area contributed by atoms with E-state index in [4.69, 9.17) is 19.2 Å². The molecule has 4 aliphatic heterocycles. The first-order valence-electron chi connectivity index (χ1n) is 24.8. The summed E-state index contributed by atoms with van der Waals surface area (Å²) in [5.74, 6) is -0.298. The average molecular weight is 975 g/mol. The highest BCUT2D eigenvalue weighted by Crippen LogP contribution is 2.54. The Morgan fingerprint density at radius 2 is 1.73 bits per heavy atom. The highest BCUT2D eigenvalue weighted by molar-refractivity contribution is 7.90. The van der Waals surface area contributed by atoms with Crippen LogP contribution in [0.25, 0.3) is 11.0 Å². The molecule has 2 aliphatic carbocycles. The predicted octanol–water partition coefficient (Wildman–Crippen LogP) is 7.76. The van der Waals surface area contributed by atoms with Crippen molar-refractivity contribution in [2.24, 2.45) is 11.3 Å². The summed E-state index contributed by atoms with van der Waals surface area (Å²) >= 11 is 0. The van der Waals surface area contributed by atoms with Gasteiger partial charge in [0.1, 0.15) is 23.1 Å². The number of piperidine rings is 1. The zero-order chi connectivity index (χ0) is 48.4. The van der Waals surface area contributed by atoms with Gasteiger partial charge in [0.05, 0.1) is 65.2 Å². The van der Waals surface area contributed by atoms with Crippen molar-refractivity contribution in [1.82, 2.24) is 19.6 Å². The summed E-state index contributed by atoms with van der Waals surface area (Å²) in [6.07, 6.45) is 9.19. The van der Waals surface area contributed by atoms with E-state index < -0.39 is 37.0 Å². The van der Waals surface area contributed by atoms with Gasteiger partial charge in [-0.3, -0.25) is 19.8 Å². The van der Waals surface area contributed by atoms with Crippen LogP contribution in [0.3, 0.4) is 0 Å². The fourth-order valence-electron chi connectivity index (χ4n) is 12.1. The number of benzene rings is 3. The van der Waals surface area contributed by atoms with Gasteiger partial charge in [0.15, 0.2) is 0 Å². The van der Waals surface area contributed by atoms with E-state index in [9.17, 15) is 28.4 Å². The van der Waals surface area contributed by atoms with Crippen LogP contribution in [0.5, 0.6) is 5.88 Å². The Bertz CT molecular complexity index is 2900. The van der Waals surface area contributed by atoms with E-state index in [0.717, 1.165) is 81.9 Å². The molecule has 11 rings (SSSR count). The molecule has 6 heterocycles. The molecule has 3 aromatic carbocycles. The number of carbonyl (C=O) groups excluding carboxylic acids is 1. The van der Waals surface area contributed by atoms with Gasteiger partial charge in [-0.05, 0) is 130 Å². The lowest BCUT2D eigenvalue weighted by molar-refractivity contribution is -0.384. The summed E-state index contributed by atoms with van der Waals surface area (Å²) in [6, 6.07) is 22.1. The maximum atomic E-state index is 14.7. The fourth-order valence-corrected chi connectivity index (χ4v) is 13.1. The number of aryl methyl sites for hydroxylation is 1. The molecular formula is C52H62N8O9S. The second-order valence-electron chi connectivity index (χ2n) is 20.8. The number of nitrogens with one attached hydrogen (secondary N) is 3. The quantitative estimate of drug-likeness (QED) is 0.0738. The number of nitro groups is 1. The van der Waals surface area contributed by atoms with Crippen LogP contribution < -0.4 is 24.6 Å². The third-order valence-electron chi connectivity index (χ3n) is 16.3. The number of rotatable bonds is 11. The van der Waals surface area contributed by atoms with Crippen molar-refractivity contribution < 1.29 is 37.5 Å². The number of H-pyrrole nitrogens is 1. The van der Waals surface area contributed by atoms with Gasteiger partial charge in [-0.2, -0.15) is 4.98 Å². The third-order valence-corrected chi connectivity index (χ3v) is 17.6. The summed E-state index contributed by atoms with van der Waals surface area (Å²) in [7, 11) is -4.62. The molecule has 370 valence electrons. The zero-order valence-corrected chi connectivity index (χ0v) is 40.6. The van der Waals surface area contributed by atoms with Gasteiger partial charge in [-0.25, -0.2) is 13.1 Å². The molecule has 0 unspecified atom stereocenters. The number of nitro benzene ring substituents is 1. The Balaban J connectivity index is 0.868. The van der Waals surface area contributed by atoms with Gasteiger partial charge in [-0.15, -0.1) is 0 Å². The van der Waals surface area contributed by atoms with Crippen LogP contribution in [0.1, 0.15) is 92.2 Å². The van der Waals surface area contributed by atoms with Crippen LogP contribution in [-0.2, 0) is 19.5 Å². The molecule has 4 N–H and O–H groups in total. The van der Waals surface area contributed by atoms with Crippen LogP contribution in [0.15, 0.2) is 83.9 Å². The second-order valence-corrected chi connectivity index (χ2v) is 22.5. The molecular weight excluding hydrogens is 913 g/mol. The number of ether oxygens (including phenoxy) is 3. The Morgan fingerprint density at radius 3 is 2.51 bits per heavy atom. The largest absolute Gasteiger partial charge is 0.470 e. The van der Waals surface area contributed by atoms with Gasteiger partial charge < -0.3 is 39.4 Å². The lowest BCUT2D eigenvalue weighted by Gasteiger charge is -2.57. The van der Waals surface area contributed by atoms with E-state index in [1.54, 1.807) is 12.3 Å². The number of anilines is 4. The van der Waals surface area contributed by atoms with Crippen molar-refractivity contribution in [1.29, 1.82) is 0 Å². The lowest BCUT2D eigenvalue weighted by Crippen LogP contribution is -2.58. The van der Waals surface area contributed by atoms with E-state index in [-0.39, 0.29) is 40.8 Å². The normalized spacial score (nSPS) is 25.9. The van der Waals surface area contributed by atoms with Gasteiger partial charge in [0, 0.05) is 62.0 Å². The molecule has 5 fully saturated rings. The monoisotopic (exact) mass is 974 g/mol. The maximum Gasteiger partial charge on any atom is 0.293 e. The molecule has 3 atom stereocenters. The van der Waals surface area contributed by atoms with Crippen LogP contribution >= 0.6 is 0 Å². The number of aromatic amines is 1. The number of aromatic nitrogens is 2. The number of hydrogen-bond acceptors (Lipinski definition) is 14. The first-order valence-corrected chi connectivity index (χ1v) is 26.3.